The highest BCUT2D eigenvalue weighted by Gasteiger charge is 2.36. The van der Waals surface area contributed by atoms with Crippen LogP contribution in [-0.2, 0) is 15.0 Å². The van der Waals surface area contributed by atoms with Crippen molar-refractivity contribution in [2.24, 2.45) is 0 Å². The van der Waals surface area contributed by atoms with Crippen LogP contribution in [0.1, 0.15) is 19.4 Å². The number of hydrogen-bond acceptors (Lipinski definition) is 3. The summed E-state index contributed by atoms with van der Waals surface area (Å²) in [7, 11) is 0. The molecule has 0 aliphatic carbocycles. The Labute approximate surface area is 120 Å². The van der Waals surface area contributed by atoms with Crippen molar-refractivity contribution >= 4 is 11.9 Å². The van der Waals surface area contributed by atoms with Gasteiger partial charge >= 0.3 is 11.9 Å². The van der Waals surface area contributed by atoms with E-state index in [4.69, 9.17) is 5.11 Å². The van der Waals surface area contributed by atoms with E-state index in [1.807, 2.05) is 0 Å². The lowest BCUT2D eigenvalue weighted by Crippen LogP contribution is -2.37. The lowest BCUT2D eigenvalue weighted by molar-refractivity contribution is -0.133. The zero-order valence-electron chi connectivity index (χ0n) is 11.5. The van der Waals surface area contributed by atoms with E-state index < -0.39 is 23.2 Å². The van der Waals surface area contributed by atoms with Gasteiger partial charge in [-0.25, -0.2) is 14.0 Å². The Hall–Kier alpha value is -2.63. The number of carboxylic acids is 2. The SMILES string of the molecule is CC1=C(C(=O)O)NC(C(=O)O)=CC1(C)c1ccc(F)cc1. The van der Waals surface area contributed by atoms with Crippen molar-refractivity contribution in [1.29, 1.82) is 0 Å². The summed E-state index contributed by atoms with van der Waals surface area (Å²) in [6, 6.07) is 5.54. The van der Waals surface area contributed by atoms with Crippen molar-refractivity contribution in [3.63, 3.8) is 0 Å². The molecule has 0 bridgehead atoms. The fourth-order valence-corrected chi connectivity index (χ4v) is 2.35. The smallest absolute Gasteiger partial charge is 0.352 e. The quantitative estimate of drug-likeness (QED) is 0.793. The minimum absolute atomic E-state index is 0.179. The van der Waals surface area contributed by atoms with Crippen molar-refractivity contribution in [1.82, 2.24) is 5.32 Å². The zero-order chi connectivity index (χ0) is 15.8. The molecule has 0 saturated heterocycles. The Morgan fingerprint density at radius 1 is 1.14 bits per heavy atom. The summed E-state index contributed by atoms with van der Waals surface area (Å²) in [5, 5.41) is 20.8. The van der Waals surface area contributed by atoms with Gasteiger partial charge in [0.15, 0.2) is 0 Å². The van der Waals surface area contributed by atoms with E-state index in [2.05, 4.69) is 5.32 Å². The number of halogens is 1. The van der Waals surface area contributed by atoms with Crippen LogP contribution in [0.3, 0.4) is 0 Å². The zero-order valence-corrected chi connectivity index (χ0v) is 11.5. The monoisotopic (exact) mass is 291 g/mol. The molecule has 1 unspecified atom stereocenters. The minimum Gasteiger partial charge on any atom is -0.477 e. The highest BCUT2D eigenvalue weighted by molar-refractivity contribution is 5.94. The Kier molecular flexibility index (Phi) is 3.55. The number of aliphatic carboxylic acids is 2. The van der Waals surface area contributed by atoms with Crippen LogP contribution in [0, 0.1) is 5.82 Å². The average molecular weight is 291 g/mol. The molecule has 3 N–H and O–H groups in total. The molecule has 1 aliphatic heterocycles. The lowest BCUT2D eigenvalue weighted by Gasteiger charge is -2.34. The first-order chi connectivity index (χ1) is 9.75. The van der Waals surface area contributed by atoms with Crippen LogP contribution in [0.5, 0.6) is 0 Å². The van der Waals surface area contributed by atoms with Gasteiger partial charge in [0.2, 0.25) is 0 Å². The van der Waals surface area contributed by atoms with E-state index in [1.165, 1.54) is 30.3 Å². The standard InChI is InChI=1S/C15H14FNO4/c1-8-12(14(20)21)17-11(13(18)19)7-15(8,2)9-3-5-10(16)6-4-9/h3-7,17H,1-2H3,(H,18,19)(H,20,21). The summed E-state index contributed by atoms with van der Waals surface area (Å²) < 4.78 is 13.1. The molecule has 21 heavy (non-hydrogen) atoms. The van der Waals surface area contributed by atoms with Crippen LogP contribution >= 0.6 is 0 Å². The van der Waals surface area contributed by atoms with Crippen molar-refractivity contribution in [3.05, 3.63) is 58.7 Å². The summed E-state index contributed by atoms with van der Waals surface area (Å²) in [4.78, 5) is 22.5. The summed E-state index contributed by atoms with van der Waals surface area (Å²) in [5.41, 5.74) is -0.279. The van der Waals surface area contributed by atoms with Crippen LogP contribution in [0.2, 0.25) is 0 Å². The van der Waals surface area contributed by atoms with Gasteiger partial charge in [0, 0.05) is 5.41 Å². The summed E-state index contributed by atoms with van der Waals surface area (Å²) in [6.45, 7) is 3.30. The van der Waals surface area contributed by atoms with Gasteiger partial charge in [0.25, 0.3) is 0 Å². The third kappa shape index (κ3) is 2.52. The number of carbonyl (C=O) groups is 2. The maximum absolute atomic E-state index is 13.1. The van der Waals surface area contributed by atoms with Gasteiger partial charge in [0.05, 0.1) is 0 Å². The summed E-state index contributed by atoms with van der Waals surface area (Å²) in [6.07, 6.45) is 1.43. The average Bonchev–Trinajstić information content (AvgIpc) is 2.41. The first kappa shape index (κ1) is 14.8. The Morgan fingerprint density at radius 2 is 1.71 bits per heavy atom. The molecule has 0 aromatic heterocycles. The molecule has 1 aliphatic rings. The first-order valence-corrected chi connectivity index (χ1v) is 6.19. The maximum atomic E-state index is 13.1. The van der Waals surface area contributed by atoms with Crippen LogP contribution in [-0.4, -0.2) is 22.2 Å². The van der Waals surface area contributed by atoms with Crippen LogP contribution in [0.4, 0.5) is 4.39 Å². The summed E-state index contributed by atoms with van der Waals surface area (Å²) >= 11 is 0. The van der Waals surface area contributed by atoms with Gasteiger partial charge in [0.1, 0.15) is 17.2 Å². The van der Waals surface area contributed by atoms with E-state index in [0.717, 1.165) is 0 Å². The Balaban J connectivity index is 2.65. The number of dihydropyridines is 1. The highest BCUT2D eigenvalue weighted by atomic mass is 19.1. The number of benzene rings is 1. The van der Waals surface area contributed by atoms with Crippen molar-refractivity contribution < 1.29 is 24.2 Å². The first-order valence-electron chi connectivity index (χ1n) is 6.19. The number of carboxylic acid groups (broad SMARTS) is 2. The molecule has 2 rings (SSSR count). The van der Waals surface area contributed by atoms with Gasteiger partial charge in [-0.1, -0.05) is 12.1 Å². The maximum Gasteiger partial charge on any atom is 0.352 e. The molecule has 1 heterocycles. The van der Waals surface area contributed by atoms with E-state index in [-0.39, 0.29) is 11.4 Å². The second-order valence-corrected chi connectivity index (χ2v) is 5.00. The topological polar surface area (TPSA) is 86.6 Å². The van der Waals surface area contributed by atoms with Gasteiger partial charge < -0.3 is 15.5 Å². The number of nitrogens with one attached hydrogen (secondary N) is 1. The highest BCUT2D eigenvalue weighted by Crippen LogP contribution is 2.38. The normalized spacial score (nSPS) is 21.6. The molecule has 110 valence electrons. The predicted octanol–water partition coefficient (Wildman–Crippen LogP) is 2.01. The second kappa shape index (κ2) is 5.05. The molecule has 0 amide bonds. The molecule has 0 saturated carbocycles. The third-order valence-electron chi connectivity index (χ3n) is 3.73. The largest absolute Gasteiger partial charge is 0.477 e. The Morgan fingerprint density at radius 3 is 2.19 bits per heavy atom. The van der Waals surface area contributed by atoms with Crippen LogP contribution in [0.15, 0.2) is 47.3 Å². The lowest BCUT2D eigenvalue weighted by atomic mass is 9.73. The predicted molar refractivity (Wildman–Crippen MR) is 72.9 cm³/mol. The van der Waals surface area contributed by atoms with Crippen molar-refractivity contribution in [3.8, 4) is 0 Å². The molecule has 1 aromatic carbocycles. The molecular formula is C15H14FNO4. The van der Waals surface area contributed by atoms with Crippen molar-refractivity contribution in [2.75, 3.05) is 0 Å². The van der Waals surface area contributed by atoms with Gasteiger partial charge in [-0.3, -0.25) is 0 Å². The summed E-state index contributed by atoms with van der Waals surface area (Å²) in [5.74, 6) is -2.92. The molecule has 5 nitrogen and oxygen atoms in total. The molecule has 0 spiro atoms. The van der Waals surface area contributed by atoms with E-state index in [0.29, 0.717) is 11.1 Å². The fraction of sp³-hybridized carbons (Fsp3) is 0.200. The van der Waals surface area contributed by atoms with Gasteiger partial charge in [-0.2, -0.15) is 0 Å². The number of rotatable bonds is 3. The van der Waals surface area contributed by atoms with Crippen LogP contribution < -0.4 is 5.32 Å². The van der Waals surface area contributed by atoms with E-state index in [1.54, 1.807) is 13.8 Å². The second-order valence-electron chi connectivity index (χ2n) is 5.00. The molecule has 1 atom stereocenters. The molecule has 0 radical (unpaired) electrons. The van der Waals surface area contributed by atoms with Gasteiger partial charge in [-0.05, 0) is 43.2 Å². The third-order valence-corrected chi connectivity index (χ3v) is 3.73. The van der Waals surface area contributed by atoms with E-state index >= 15 is 0 Å². The minimum atomic E-state index is -1.26. The molecule has 1 aromatic rings. The van der Waals surface area contributed by atoms with Crippen LogP contribution in [0.25, 0.3) is 0 Å². The van der Waals surface area contributed by atoms with Gasteiger partial charge in [-0.15, -0.1) is 0 Å². The number of hydrogen-bond donors (Lipinski definition) is 3. The molecular weight excluding hydrogens is 277 g/mol. The van der Waals surface area contributed by atoms with Crippen molar-refractivity contribution in [2.45, 2.75) is 19.3 Å². The number of allylic oxidation sites excluding steroid dienone is 2. The molecule has 6 heteroatoms. The Bertz CT molecular complexity index is 675. The van der Waals surface area contributed by atoms with E-state index in [9.17, 15) is 19.1 Å². The fourth-order valence-electron chi connectivity index (χ4n) is 2.35. The molecule has 0 fully saturated rings.